The third kappa shape index (κ3) is 2.26. The number of benzene rings is 1. The third-order valence-corrected chi connectivity index (χ3v) is 4.01. The fraction of sp³-hybridized carbons (Fsp3) is 0.118. The van der Waals surface area contributed by atoms with Crippen LogP contribution in [-0.2, 0) is 7.05 Å². The number of hydrogen-bond donors (Lipinski definition) is 2. The highest BCUT2D eigenvalue weighted by atomic mass is 16.5. The predicted octanol–water partition coefficient (Wildman–Crippen LogP) is 2.33. The van der Waals surface area contributed by atoms with Crippen LogP contribution >= 0.6 is 0 Å². The molecule has 3 aromatic heterocycles. The Morgan fingerprint density at radius 2 is 2.04 bits per heavy atom. The third-order valence-electron chi connectivity index (χ3n) is 4.01. The molecule has 7 nitrogen and oxygen atoms in total. The first-order valence-electron chi connectivity index (χ1n) is 7.40. The van der Waals surface area contributed by atoms with Crippen molar-refractivity contribution in [2.45, 2.75) is 0 Å². The quantitative estimate of drug-likeness (QED) is 0.606. The van der Waals surface area contributed by atoms with Gasteiger partial charge in [0.05, 0.1) is 18.8 Å². The van der Waals surface area contributed by atoms with Crippen molar-refractivity contribution in [2.75, 3.05) is 7.11 Å². The molecule has 3 heterocycles. The van der Waals surface area contributed by atoms with E-state index in [4.69, 9.17) is 4.74 Å². The molecule has 0 spiro atoms. The Morgan fingerprint density at radius 3 is 2.79 bits per heavy atom. The predicted molar refractivity (Wildman–Crippen MR) is 90.9 cm³/mol. The molecule has 120 valence electrons. The summed E-state index contributed by atoms with van der Waals surface area (Å²) in [5, 5.41) is 7.43. The first-order chi connectivity index (χ1) is 11.7. The molecule has 24 heavy (non-hydrogen) atoms. The lowest BCUT2D eigenvalue weighted by Crippen LogP contribution is -2.00. The molecule has 0 saturated carbocycles. The summed E-state index contributed by atoms with van der Waals surface area (Å²) in [6, 6.07) is 9.79. The van der Waals surface area contributed by atoms with Crippen molar-refractivity contribution < 1.29 is 4.74 Å². The molecule has 1 aromatic carbocycles. The second-order valence-corrected chi connectivity index (χ2v) is 5.50. The lowest BCUT2D eigenvalue weighted by Gasteiger charge is -2.03. The van der Waals surface area contributed by atoms with Crippen molar-refractivity contribution in [2.24, 2.45) is 7.05 Å². The van der Waals surface area contributed by atoms with Crippen LogP contribution in [-0.4, -0.2) is 31.8 Å². The van der Waals surface area contributed by atoms with Gasteiger partial charge < -0.3 is 9.30 Å². The number of pyridine rings is 1. The number of fused-ring (bicyclic) bond motifs is 1. The number of aromatic amines is 2. The van der Waals surface area contributed by atoms with Crippen LogP contribution in [0.4, 0.5) is 0 Å². The van der Waals surface area contributed by atoms with Gasteiger partial charge in [-0.05, 0) is 11.6 Å². The van der Waals surface area contributed by atoms with Gasteiger partial charge in [0, 0.05) is 35.8 Å². The average Bonchev–Trinajstić information content (AvgIpc) is 3.18. The maximum atomic E-state index is 11.3. The van der Waals surface area contributed by atoms with Crippen LogP contribution in [0.2, 0.25) is 0 Å². The van der Waals surface area contributed by atoms with Crippen molar-refractivity contribution in [1.82, 2.24) is 24.7 Å². The van der Waals surface area contributed by atoms with E-state index in [0.29, 0.717) is 11.7 Å². The number of nitrogens with one attached hydrogen (secondary N) is 2. The van der Waals surface area contributed by atoms with E-state index in [-0.39, 0.29) is 5.69 Å². The number of rotatable bonds is 3. The molecule has 0 atom stereocenters. The van der Waals surface area contributed by atoms with Gasteiger partial charge in [0.15, 0.2) is 5.82 Å². The average molecular weight is 321 g/mol. The van der Waals surface area contributed by atoms with E-state index in [9.17, 15) is 4.79 Å². The maximum absolute atomic E-state index is 11.3. The second kappa shape index (κ2) is 5.38. The van der Waals surface area contributed by atoms with Crippen LogP contribution in [0.25, 0.3) is 33.4 Å². The van der Waals surface area contributed by atoms with Crippen molar-refractivity contribution in [3.8, 4) is 28.4 Å². The fourth-order valence-electron chi connectivity index (χ4n) is 2.84. The molecule has 0 bridgehead atoms. The summed E-state index contributed by atoms with van der Waals surface area (Å²) in [5.41, 5.74) is 3.62. The van der Waals surface area contributed by atoms with Crippen molar-refractivity contribution >= 4 is 10.9 Å². The minimum Gasteiger partial charge on any atom is -0.481 e. The van der Waals surface area contributed by atoms with Crippen LogP contribution < -0.4 is 10.4 Å². The molecule has 0 fully saturated rings. The Morgan fingerprint density at radius 1 is 1.21 bits per heavy atom. The van der Waals surface area contributed by atoms with E-state index < -0.39 is 0 Å². The molecule has 0 amide bonds. The molecule has 0 radical (unpaired) electrons. The Hall–Kier alpha value is -3.35. The van der Waals surface area contributed by atoms with Crippen LogP contribution in [0, 0.1) is 0 Å². The summed E-state index contributed by atoms with van der Waals surface area (Å²) >= 11 is 0. The highest BCUT2D eigenvalue weighted by Crippen LogP contribution is 2.33. The van der Waals surface area contributed by atoms with Crippen LogP contribution in [0.1, 0.15) is 0 Å². The van der Waals surface area contributed by atoms with Crippen LogP contribution in [0.5, 0.6) is 5.88 Å². The Balaban J connectivity index is 1.90. The molecule has 4 rings (SSSR count). The van der Waals surface area contributed by atoms with Crippen molar-refractivity contribution in [3.05, 3.63) is 53.2 Å². The Bertz CT molecular complexity index is 1090. The lowest BCUT2D eigenvalue weighted by molar-refractivity contribution is 0.398. The molecular weight excluding hydrogens is 306 g/mol. The molecule has 0 aliphatic rings. The highest BCUT2D eigenvalue weighted by Gasteiger charge is 2.12. The van der Waals surface area contributed by atoms with Gasteiger partial charge in [0.2, 0.25) is 5.88 Å². The molecule has 4 aromatic rings. The van der Waals surface area contributed by atoms with Gasteiger partial charge in [-0.3, -0.25) is 4.98 Å². The van der Waals surface area contributed by atoms with Gasteiger partial charge in [-0.15, -0.1) is 0 Å². The monoisotopic (exact) mass is 321 g/mol. The SMILES string of the molecule is COc1cc2c(-c3cccc(-c4n[nH]c(=O)[nH]4)c3)cn(C)c2cn1. The number of ether oxygens (including phenoxy) is 1. The summed E-state index contributed by atoms with van der Waals surface area (Å²) in [6.45, 7) is 0. The molecule has 0 aliphatic carbocycles. The number of nitrogens with zero attached hydrogens (tertiary/aromatic N) is 3. The molecule has 0 aliphatic heterocycles. The minimum atomic E-state index is -0.323. The number of aromatic nitrogens is 5. The van der Waals surface area contributed by atoms with Crippen LogP contribution in [0.3, 0.4) is 0 Å². The van der Waals surface area contributed by atoms with Gasteiger partial charge in [0.1, 0.15) is 0 Å². The molecule has 0 saturated heterocycles. The Kier molecular flexibility index (Phi) is 3.19. The maximum Gasteiger partial charge on any atom is 0.340 e. The first-order valence-corrected chi connectivity index (χ1v) is 7.40. The van der Waals surface area contributed by atoms with Crippen molar-refractivity contribution in [1.29, 1.82) is 0 Å². The van der Waals surface area contributed by atoms with Crippen molar-refractivity contribution in [3.63, 3.8) is 0 Å². The smallest absolute Gasteiger partial charge is 0.340 e. The topological polar surface area (TPSA) is 88.6 Å². The van der Waals surface area contributed by atoms with E-state index in [2.05, 4.69) is 26.4 Å². The number of aryl methyl sites for hydroxylation is 1. The summed E-state index contributed by atoms with van der Waals surface area (Å²) in [4.78, 5) is 18.2. The van der Waals surface area contributed by atoms with E-state index in [0.717, 1.165) is 27.6 Å². The van der Waals surface area contributed by atoms with E-state index in [1.165, 1.54) is 0 Å². The van der Waals surface area contributed by atoms with Crippen LogP contribution in [0.15, 0.2) is 47.5 Å². The van der Waals surface area contributed by atoms with Gasteiger partial charge in [-0.1, -0.05) is 18.2 Å². The summed E-state index contributed by atoms with van der Waals surface area (Å²) in [6.07, 6.45) is 3.85. The standard InChI is InChI=1S/C17H15N5O2/c1-22-9-13(12-7-15(24-2)18-8-14(12)22)10-4-3-5-11(6-10)16-19-17(23)21-20-16/h3-9H,1-2H3,(H2,19,20,21,23). The summed E-state index contributed by atoms with van der Waals surface area (Å²) < 4.78 is 7.27. The van der Waals surface area contributed by atoms with E-state index >= 15 is 0 Å². The zero-order valence-electron chi connectivity index (χ0n) is 13.2. The van der Waals surface area contributed by atoms with E-state index in [1.807, 2.05) is 41.9 Å². The zero-order valence-corrected chi connectivity index (χ0v) is 13.2. The summed E-state index contributed by atoms with van der Waals surface area (Å²) in [5.74, 6) is 1.09. The zero-order chi connectivity index (χ0) is 16.7. The van der Waals surface area contributed by atoms with E-state index in [1.54, 1.807) is 13.3 Å². The largest absolute Gasteiger partial charge is 0.481 e. The normalized spacial score (nSPS) is 11.1. The summed E-state index contributed by atoms with van der Waals surface area (Å²) in [7, 11) is 3.58. The Labute approximate surface area is 136 Å². The number of methoxy groups -OCH3 is 1. The van der Waals surface area contributed by atoms with Gasteiger partial charge >= 0.3 is 5.69 Å². The van der Waals surface area contributed by atoms with Gasteiger partial charge in [0.25, 0.3) is 0 Å². The highest BCUT2D eigenvalue weighted by molar-refractivity contribution is 5.96. The number of hydrogen-bond acceptors (Lipinski definition) is 4. The fourth-order valence-corrected chi connectivity index (χ4v) is 2.84. The second-order valence-electron chi connectivity index (χ2n) is 5.50. The molecule has 2 N–H and O–H groups in total. The minimum absolute atomic E-state index is 0.323. The molecule has 0 unspecified atom stereocenters. The molecular formula is C17H15N5O2. The molecule has 7 heteroatoms. The first kappa shape index (κ1) is 14.3. The number of H-pyrrole nitrogens is 2. The lowest BCUT2D eigenvalue weighted by atomic mass is 10.0. The van der Waals surface area contributed by atoms with Gasteiger partial charge in [-0.25, -0.2) is 14.9 Å². The van der Waals surface area contributed by atoms with Gasteiger partial charge in [-0.2, -0.15) is 5.10 Å².